The summed E-state index contributed by atoms with van der Waals surface area (Å²) in [6.45, 7) is 0. The first-order valence-electron chi connectivity index (χ1n) is 8.52. The van der Waals surface area contributed by atoms with E-state index in [0.29, 0.717) is 21.8 Å². The summed E-state index contributed by atoms with van der Waals surface area (Å²) >= 11 is 6.32. The lowest BCUT2D eigenvalue weighted by atomic mass is 9.82. The minimum Gasteiger partial charge on any atom is -0.369 e. The molecule has 1 unspecified atom stereocenters. The fourth-order valence-corrected chi connectivity index (χ4v) is 3.58. The Morgan fingerprint density at radius 2 is 2.00 bits per heavy atom. The van der Waals surface area contributed by atoms with Crippen molar-refractivity contribution in [3.63, 3.8) is 0 Å². The number of H-pyrrole nitrogens is 1. The first-order chi connectivity index (χ1) is 13.8. The van der Waals surface area contributed by atoms with Crippen LogP contribution in [-0.4, -0.2) is 39.0 Å². The number of aromatic nitrogens is 3. The summed E-state index contributed by atoms with van der Waals surface area (Å²) in [6.07, 6.45) is 0.0601. The number of benzene rings is 1. The number of nitrogens with two attached hydrogens (primary N) is 1. The predicted octanol–water partition coefficient (Wildman–Crippen LogP) is 3.09. The third-order valence-electron chi connectivity index (χ3n) is 4.77. The summed E-state index contributed by atoms with van der Waals surface area (Å²) in [4.78, 5) is 22.5. The Bertz CT molecular complexity index is 1120. The summed E-state index contributed by atoms with van der Waals surface area (Å²) in [5.41, 5.74) is 5.63. The second-order valence-electron chi connectivity index (χ2n) is 6.50. The summed E-state index contributed by atoms with van der Waals surface area (Å²) in [6, 6.07) is 9.31. The number of amides is 1. The van der Waals surface area contributed by atoms with Gasteiger partial charge in [-0.25, -0.2) is 13.8 Å². The summed E-state index contributed by atoms with van der Waals surface area (Å²) in [5, 5.41) is 7.17. The Balaban J connectivity index is 1.99. The van der Waals surface area contributed by atoms with Crippen molar-refractivity contribution in [1.29, 1.82) is 0 Å². The molecule has 0 radical (unpaired) electrons. The predicted molar refractivity (Wildman–Crippen MR) is 103 cm³/mol. The minimum absolute atomic E-state index is 0.0355. The zero-order valence-corrected chi connectivity index (χ0v) is 15.9. The number of aliphatic imine (C=N–C) groups is 1. The van der Waals surface area contributed by atoms with E-state index >= 15 is 0 Å². The quantitative estimate of drug-likeness (QED) is 0.682. The maximum absolute atomic E-state index is 13.3. The fourth-order valence-electron chi connectivity index (χ4n) is 3.34. The lowest BCUT2D eigenvalue weighted by Crippen LogP contribution is -2.41. The van der Waals surface area contributed by atoms with Crippen molar-refractivity contribution in [1.82, 2.24) is 20.1 Å². The van der Waals surface area contributed by atoms with Gasteiger partial charge in [0.2, 0.25) is 0 Å². The van der Waals surface area contributed by atoms with Gasteiger partial charge in [-0.05, 0) is 47.5 Å². The Hall–Kier alpha value is -3.33. The van der Waals surface area contributed by atoms with E-state index in [0.717, 1.165) is 6.07 Å². The number of hydrogen-bond acceptors (Lipinski definition) is 5. The largest absolute Gasteiger partial charge is 0.369 e. The van der Waals surface area contributed by atoms with E-state index < -0.39 is 23.6 Å². The van der Waals surface area contributed by atoms with E-state index in [2.05, 4.69) is 20.2 Å². The maximum Gasteiger partial charge on any atom is 0.280 e. The highest BCUT2D eigenvalue weighted by Crippen LogP contribution is 2.42. The van der Waals surface area contributed by atoms with Gasteiger partial charge >= 0.3 is 0 Å². The van der Waals surface area contributed by atoms with Crippen molar-refractivity contribution in [2.24, 2.45) is 10.7 Å². The smallest absolute Gasteiger partial charge is 0.280 e. The lowest BCUT2D eigenvalue weighted by Gasteiger charge is -2.27. The molecule has 0 saturated carbocycles. The van der Waals surface area contributed by atoms with E-state index in [4.69, 9.17) is 17.3 Å². The number of nitrogens with zero attached hydrogens (tertiary/aromatic N) is 4. The second-order valence-corrected chi connectivity index (χ2v) is 6.94. The van der Waals surface area contributed by atoms with Crippen molar-refractivity contribution in [2.45, 2.75) is 12.0 Å². The van der Waals surface area contributed by atoms with Gasteiger partial charge in [-0.1, -0.05) is 11.6 Å². The molecular formula is C19H15ClF2N6O. The number of nitrogens with one attached hydrogen (secondary N) is 1. The van der Waals surface area contributed by atoms with Gasteiger partial charge in [0.05, 0.1) is 5.69 Å². The number of pyridine rings is 1. The Labute approximate surface area is 169 Å². The topological polar surface area (TPSA) is 100 Å². The highest BCUT2D eigenvalue weighted by molar-refractivity contribution is 6.31. The Morgan fingerprint density at radius 1 is 1.21 bits per heavy atom. The van der Waals surface area contributed by atoms with E-state index in [-0.39, 0.29) is 11.5 Å². The Kier molecular flexibility index (Phi) is 4.54. The molecule has 0 fully saturated rings. The molecule has 148 valence electrons. The van der Waals surface area contributed by atoms with Crippen LogP contribution in [-0.2, 0) is 10.3 Å². The molecule has 1 amide bonds. The fraction of sp³-hybridized carbons (Fsp3) is 0.158. The minimum atomic E-state index is -2.80. The van der Waals surface area contributed by atoms with Crippen LogP contribution in [0.25, 0.3) is 11.3 Å². The van der Waals surface area contributed by atoms with Crippen molar-refractivity contribution >= 4 is 23.5 Å². The number of hydrogen-bond donors (Lipinski definition) is 2. The van der Waals surface area contributed by atoms with Gasteiger partial charge in [0.1, 0.15) is 5.69 Å². The third kappa shape index (κ3) is 3.03. The third-order valence-corrected chi connectivity index (χ3v) is 4.99. The number of alkyl halides is 2. The van der Waals surface area contributed by atoms with Gasteiger partial charge < -0.3 is 5.73 Å². The average Bonchev–Trinajstić information content (AvgIpc) is 3.32. The van der Waals surface area contributed by atoms with Gasteiger partial charge in [0.15, 0.2) is 11.5 Å². The number of guanidine groups is 1. The first-order valence-corrected chi connectivity index (χ1v) is 8.90. The molecule has 3 N–H and O–H groups in total. The maximum atomic E-state index is 13.3. The normalized spacial score (nSPS) is 19.1. The van der Waals surface area contributed by atoms with Crippen LogP contribution in [0.5, 0.6) is 0 Å². The van der Waals surface area contributed by atoms with Crippen molar-refractivity contribution in [3.8, 4) is 11.3 Å². The van der Waals surface area contributed by atoms with E-state index in [1.165, 1.54) is 24.2 Å². The average molecular weight is 417 g/mol. The molecule has 4 rings (SSSR count). The standard InChI is InChI=1S/C19H15ClF2N6O/c1-28-17(29)19(26-18(28)23,11-2-4-24-15(9-11)16(21)22)12-6-10(7-13(20)8-12)14-3-5-25-27-14/h2-9,16H,1H3,(H2,23,26)(H,25,27). The zero-order chi connectivity index (χ0) is 20.8. The lowest BCUT2D eigenvalue weighted by molar-refractivity contribution is -0.129. The highest BCUT2D eigenvalue weighted by Gasteiger charge is 2.50. The van der Waals surface area contributed by atoms with Crippen LogP contribution in [0.4, 0.5) is 8.78 Å². The van der Waals surface area contributed by atoms with Crippen LogP contribution < -0.4 is 5.73 Å². The monoisotopic (exact) mass is 416 g/mol. The van der Waals surface area contributed by atoms with Crippen LogP contribution in [0.15, 0.2) is 53.8 Å². The molecule has 0 saturated heterocycles. The van der Waals surface area contributed by atoms with Crippen molar-refractivity contribution in [3.05, 3.63) is 70.6 Å². The van der Waals surface area contributed by atoms with Gasteiger partial charge in [0, 0.05) is 30.0 Å². The van der Waals surface area contributed by atoms with E-state index in [1.807, 2.05) is 0 Å². The summed E-state index contributed by atoms with van der Waals surface area (Å²) in [7, 11) is 1.47. The highest BCUT2D eigenvalue weighted by atomic mass is 35.5. The number of halogens is 3. The molecule has 0 spiro atoms. The molecule has 29 heavy (non-hydrogen) atoms. The molecule has 10 heteroatoms. The molecule has 1 atom stereocenters. The van der Waals surface area contributed by atoms with Crippen LogP contribution in [0.1, 0.15) is 23.2 Å². The van der Waals surface area contributed by atoms with Crippen molar-refractivity contribution < 1.29 is 13.6 Å². The molecule has 0 bridgehead atoms. The molecule has 1 aliphatic rings. The number of carbonyl (C=O) groups excluding carboxylic acids is 1. The van der Waals surface area contributed by atoms with E-state index in [1.54, 1.807) is 30.5 Å². The summed E-state index contributed by atoms with van der Waals surface area (Å²) < 4.78 is 26.5. The van der Waals surface area contributed by atoms with Gasteiger partial charge in [-0.2, -0.15) is 5.10 Å². The summed E-state index contributed by atoms with van der Waals surface area (Å²) in [5.74, 6) is -0.525. The molecule has 3 heterocycles. The molecular weight excluding hydrogens is 402 g/mol. The van der Waals surface area contributed by atoms with Crippen LogP contribution in [0, 0.1) is 0 Å². The molecule has 1 aromatic carbocycles. The number of aromatic amines is 1. The number of likely N-dealkylation sites (N-methyl/N-ethyl adjacent to an activating group) is 1. The van der Waals surface area contributed by atoms with Gasteiger partial charge in [-0.3, -0.25) is 19.8 Å². The first kappa shape index (κ1) is 19.0. The molecule has 0 aliphatic carbocycles. The second kappa shape index (κ2) is 6.93. The van der Waals surface area contributed by atoms with Crippen LogP contribution in [0.3, 0.4) is 0 Å². The van der Waals surface area contributed by atoms with Crippen molar-refractivity contribution in [2.75, 3.05) is 7.05 Å². The Morgan fingerprint density at radius 3 is 2.62 bits per heavy atom. The molecule has 2 aromatic heterocycles. The van der Waals surface area contributed by atoms with Gasteiger partial charge in [0.25, 0.3) is 12.3 Å². The number of carbonyl (C=O) groups is 1. The number of rotatable bonds is 4. The van der Waals surface area contributed by atoms with Crippen LogP contribution >= 0.6 is 11.6 Å². The van der Waals surface area contributed by atoms with Crippen LogP contribution in [0.2, 0.25) is 5.02 Å². The zero-order valence-electron chi connectivity index (χ0n) is 15.1. The van der Waals surface area contributed by atoms with E-state index in [9.17, 15) is 13.6 Å². The molecule has 3 aromatic rings. The molecule has 1 aliphatic heterocycles. The van der Waals surface area contributed by atoms with Gasteiger partial charge in [-0.15, -0.1) is 0 Å². The SMILES string of the molecule is CN1C(=O)C(c2cc(Cl)cc(-c3cc[nH]n3)c2)(c2ccnc(C(F)F)c2)N=C1N. The molecule has 7 nitrogen and oxygen atoms in total.